The molecule has 0 unspecified atom stereocenters. The minimum atomic E-state index is -0.265. The second-order valence-corrected chi connectivity index (χ2v) is 5.08. The zero-order valence-corrected chi connectivity index (χ0v) is 11.3. The first kappa shape index (κ1) is 11.4. The van der Waals surface area contributed by atoms with Crippen LogP contribution >= 0.6 is 15.9 Å². The van der Waals surface area contributed by atoms with Crippen molar-refractivity contribution in [1.82, 2.24) is 9.38 Å². The molecule has 3 aromatic rings. The van der Waals surface area contributed by atoms with Crippen LogP contribution in [0.15, 0.2) is 47.2 Å². The lowest BCUT2D eigenvalue weighted by atomic mass is 10.2. The summed E-state index contributed by atoms with van der Waals surface area (Å²) in [7, 11) is 0. The molecular formula is C14H10BrFN2. The molecule has 0 aliphatic heterocycles. The second-order valence-electron chi connectivity index (χ2n) is 4.22. The molecule has 1 aromatic carbocycles. The van der Waals surface area contributed by atoms with Gasteiger partial charge in [-0.2, -0.15) is 0 Å². The minimum Gasteiger partial charge on any atom is -0.306 e. The normalized spacial score (nSPS) is 11.1. The molecule has 0 aliphatic rings. The molecule has 2 nitrogen and oxygen atoms in total. The number of benzene rings is 1. The summed E-state index contributed by atoms with van der Waals surface area (Å²) in [4.78, 5) is 4.53. The topological polar surface area (TPSA) is 17.3 Å². The molecule has 18 heavy (non-hydrogen) atoms. The monoisotopic (exact) mass is 304 g/mol. The Morgan fingerprint density at radius 2 is 2.06 bits per heavy atom. The number of imidazole rings is 1. The number of pyridine rings is 1. The van der Waals surface area contributed by atoms with Gasteiger partial charge in [-0.25, -0.2) is 9.37 Å². The van der Waals surface area contributed by atoms with Crippen molar-refractivity contribution in [2.75, 3.05) is 0 Å². The van der Waals surface area contributed by atoms with E-state index >= 15 is 0 Å². The summed E-state index contributed by atoms with van der Waals surface area (Å²) >= 11 is 3.19. The van der Waals surface area contributed by atoms with Crippen LogP contribution in [-0.2, 0) is 0 Å². The second kappa shape index (κ2) is 4.21. The molecule has 0 fully saturated rings. The predicted octanol–water partition coefficient (Wildman–Crippen LogP) is 4.21. The van der Waals surface area contributed by atoms with Gasteiger partial charge in [0, 0.05) is 18.0 Å². The lowest BCUT2D eigenvalue weighted by Crippen LogP contribution is -1.81. The van der Waals surface area contributed by atoms with Gasteiger partial charge in [0.25, 0.3) is 0 Å². The minimum absolute atomic E-state index is 0.265. The average Bonchev–Trinajstić information content (AvgIpc) is 2.75. The molecule has 90 valence electrons. The molecule has 2 aromatic heterocycles. The highest BCUT2D eigenvalue weighted by molar-refractivity contribution is 9.10. The van der Waals surface area contributed by atoms with Crippen molar-refractivity contribution in [3.05, 3.63) is 58.6 Å². The Labute approximate surface area is 112 Å². The largest absolute Gasteiger partial charge is 0.306 e. The lowest BCUT2D eigenvalue weighted by Gasteiger charge is -1.98. The number of aryl methyl sites for hydroxylation is 1. The van der Waals surface area contributed by atoms with Crippen LogP contribution in [0.1, 0.15) is 5.56 Å². The number of fused-ring (bicyclic) bond motifs is 1. The van der Waals surface area contributed by atoms with E-state index in [4.69, 9.17) is 0 Å². The fraction of sp³-hybridized carbons (Fsp3) is 0.0714. The van der Waals surface area contributed by atoms with Crippen LogP contribution < -0.4 is 0 Å². The van der Waals surface area contributed by atoms with Gasteiger partial charge in [-0.15, -0.1) is 0 Å². The third kappa shape index (κ3) is 1.93. The van der Waals surface area contributed by atoms with E-state index in [1.165, 1.54) is 11.6 Å². The summed E-state index contributed by atoms with van der Waals surface area (Å²) < 4.78 is 15.6. The molecular weight excluding hydrogens is 295 g/mol. The number of halogens is 2. The van der Waals surface area contributed by atoms with Gasteiger partial charge in [0.1, 0.15) is 11.5 Å². The fourth-order valence-electron chi connectivity index (χ4n) is 1.88. The van der Waals surface area contributed by atoms with E-state index in [2.05, 4.69) is 20.9 Å². The Morgan fingerprint density at radius 3 is 2.83 bits per heavy atom. The molecule has 3 rings (SSSR count). The standard InChI is InChI=1S/C14H10BrFN2/c1-9-4-5-18-8-13(17-14(18)6-9)10-2-3-12(16)11(15)7-10/h2-8H,1H3. The molecule has 0 atom stereocenters. The molecule has 0 bridgehead atoms. The predicted molar refractivity (Wildman–Crippen MR) is 73.0 cm³/mol. The van der Waals surface area contributed by atoms with Gasteiger partial charge in [-0.1, -0.05) is 0 Å². The van der Waals surface area contributed by atoms with Gasteiger partial charge in [-0.3, -0.25) is 0 Å². The first-order valence-electron chi connectivity index (χ1n) is 5.54. The van der Waals surface area contributed by atoms with E-state index in [9.17, 15) is 4.39 Å². The molecule has 0 N–H and O–H groups in total. The van der Waals surface area contributed by atoms with Crippen LogP contribution in [0, 0.1) is 12.7 Å². The maximum Gasteiger partial charge on any atom is 0.137 e. The highest BCUT2D eigenvalue weighted by atomic mass is 79.9. The first-order chi connectivity index (χ1) is 8.63. The summed E-state index contributed by atoms with van der Waals surface area (Å²) in [6.07, 6.45) is 3.91. The third-order valence-corrected chi connectivity index (χ3v) is 3.44. The van der Waals surface area contributed by atoms with E-state index in [0.29, 0.717) is 4.47 Å². The third-order valence-electron chi connectivity index (χ3n) is 2.83. The number of aromatic nitrogens is 2. The Balaban J connectivity index is 2.16. The van der Waals surface area contributed by atoms with Gasteiger partial charge in [-0.05, 0) is 58.7 Å². The quantitative estimate of drug-likeness (QED) is 0.658. The van der Waals surface area contributed by atoms with Crippen LogP contribution in [0.5, 0.6) is 0 Å². The van der Waals surface area contributed by atoms with Gasteiger partial charge >= 0.3 is 0 Å². The van der Waals surface area contributed by atoms with Crippen molar-refractivity contribution in [3.8, 4) is 11.3 Å². The molecule has 0 amide bonds. The van der Waals surface area contributed by atoms with Crippen molar-refractivity contribution in [3.63, 3.8) is 0 Å². The summed E-state index contributed by atoms with van der Waals surface area (Å²) in [5.74, 6) is -0.265. The number of hydrogen-bond acceptors (Lipinski definition) is 1. The van der Waals surface area contributed by atoms with Crippen molar-refractivity contribution in [1.29, 1.82) is 0 Å². The van der Waals surface area contributed by atoms with Crippen molar-refractivity contribution in [2.24, 2.45) is 0 Å². The molecule has 0 saturated heterocycles. The SMILES string of the molecule is Cc1ccn2cc(-c3ccc(F)c(Br)c3)nc2c1. The van der Waals surface area contributed by atoms with Crippen LogP contribution in [0.3, 0.4) is 0 Å². The first-order valence-corrected chi connectivity index (χ1v) is 6.33. The van der Waals surface area contributed by atoms with Gasteiger partial charge in [0.05, 0.1) is 10.2 Å². The zero-order chi connectivity index (χ0) is 12.7. The van der Waals surface area contributed by atoms with Crippen LogP contribution in [0.2, 0.25) is 0 Å². The zero-order valence-electron chi connectivity index (χ0n) is 9.69. The highest BCUT2D eigenvalue weighted by Crippen LogP contribution is 2.25. The van der Waals surface area contributed by atoms with E-state index in [1.807, 2.05) is 35.9 Å². The number of nitrogens with zero attached hydrogens (tertiary/aromatic N) is 2. The number of rotatable bonds is 1. The molecule has 4 heteroatoms. The van der Waals surface area contributed by atoms with Gasteiger partial charge in [0.2, 0.25) is 0 Å². The summed E-state index contributed by atoms with van der Waals surface area (Å²) in [6.45, 7) is 2.03. The number of hydrogen-bond donors (Lipinski definition) is 0. The summed E-state index contributed by atoms with van der Waals surface area (Å²) in [5, 5.41) is 0. The Bertz CT molecular complexity index is 734. The Kier molecular flexibility index (Phi) is 2.67. The summed E-state index contributed by atoms with van der Waals surface area (Å²) in [6, 6.07) is 8.95. The maximum absolute atomic E-state index is 13.2. The van der Waals surface area contributed by atoms with Crippen LogP contribution in [-0.4, -0.2) is 9.38 Å². The Hall–Kier alpha value is -1.68. The lowest BCUT2D eigenvalue weighted by molar-refractivity contribution is 0.621. The molecule has 0 saturated carbocycles. The Morgan fingerprint density at radius 1 is 1.22 bits per heavy atom. The molecule has 0 spiro atoms. The maximum atomic E-state index is 13.2. The van der Waals surface area contributed by atoms with Gasteiger partial charge in [0.15, 0.2) is 0 Å². The molecule has 2 heterocycles. The van der Waals surface area contributed by atoms with Crippen LogP contribution in [0.4, 0.5) is 4.39 Å². The van der Waals surface area contributed by atoms with E-state index < -0.39 is 0 Å². The fourth-order valence-corrected chi connectivity index (χ4v) is 2.26. The van der Waals surface area contributed by atoms with E-state index in [0.717, 1.165) is 16.9 Å². The van der Waals surface area contributed by atoms with Gasteiger partial charge < -0.3 is 4.40 Å². The summed E-state index contributed by atoms with van der Waals surface area (Å²) in [5.41, 5.74) is 3.79. The average molecular weight is 305 g/mol. The van der Waals surface area contributed by atoms with E-state index in [-0.39, 0.29) is 5.82 Å². The highest BCUT2D eigenvalue weighted by Gasteiger charge is 2.07. The van der Waals surface area contributed by atoms with Crippen molar-refractivity contribution >= 4 is 21.6 Å². The molecule has 0 aliphatic carbocycles. The van der Waals surface area contributed by atoms with Crippen molar-refractivity contribution in [2.45, 2.75) is 6.92 Å². The van der Waals surface area contributed by atoms with E-state index in [1.54, 1.807) is 12.1 Å². The van der Waals surface area contributed by atoms with Crippen LogP contribution in [0.25, 0.3) is 16.9 Å². The smallest absolute Gasteiger partial charge is 0.137 e. The molecule has 0 radical (unpaired) electrons. The van der Waals surface area contributed by atoms with Crippen molar-refractivity contribution < 1.29 is 4.39 Å².